The molecule has 1 aliphatic heterocycles. The van der Waals surface area contributed by atoms with Crippen LogP contribution in [-0.2, 0) is 14.6 Å². The second-order valence-corrected chi connectivity index (χ2v) is 8.63. The van der Waals surface area contributed by atoms with Crippen LogP contribution in [0.3, 0.4) is 0 Å². The Morgan fingerprint density at radius 3 is 1.96 bits per heavy atom. The van der Waals surface area contributed by atoms with Crippen LogP contribution in [0.4, 0.5) is 0 Å². The molecule has 152 valence electrons. The van der Waals surface area contributed by atoms with E-state index < -0.39 is 47.2 Å². The highest BCUT2D eigenvalue weighted by atomic mass is 35.5. The van der Waals surface area contributed by atoms with Gasteiger partial charge in [-0.25, -0.2) is 8.42 Å². The van der Waals surface area contributed by atoms with Gasteiger partial charge < -0.3 is 29.9 Å². The predicted molar refractivity (Wildman–Crippen MR) is 97.7 cm³/mol. The quantitative estimate of drug-likeness (QED) is 0.534. The number of halogens is 1. The summed E-state index contributed by atoms with van der Waals surface area (Å²) < 4.78 is 35.9. The molecule has 0 amide bonds. The second kappa shape index (κ2) is 8.34. The smallest absolute Gasteiger partial charge is 0.229 e. The Balaban J connectivity index is 1.76. The number of ether oxygens (including phenoxy) is 2. The van der Waals surface area contributed by atoms with Crippen LogP contribution in [0.1, 0.15) is 0 Å². The van der Waals surface area contributed by atoms with E-state index in [2.05, 4.69) is 0 Å². The Bertz CT molecular complexity index is 898. The fraction of sp³-hybridized carbons (Fsp3) is 0.333. The molecule has 0 aliphatic carbocycles. The normalized spacial score (nSPS) is 28.1. The van der Waals surface area contributed by atoms with Gasteiger partial charge in [0.25, 0.3) is 0 Å². The van der Waals surface area contributed by atoms with Crippen molar-refractivity contribution in [1.82, 2.24) is 0 Å². The largest absolute Gasteiger partial charge is 0.462 e. The Labute approximate surface area is 166 Å². The molecular formula is C18H19ClO8S. The van der Waals surface area contributed by atoms with Crippen LogP contribution in [0.5, 0.6) is 5.75 Å². The third-order valence-corrected chi connectivity index (χ3v) is 6.40. The molecule has 0 bridgehead atoms. The minimum absolute atomic E-state index is 0.0241. The van der Waals surface area contributed by atoms with Crippen molar-refractivity contribution in [3.8, 4) is 5.75 Å². The van der Waals surface area contributed by atoms with Crippen LogP contribution in [0, 0.1) is 0 Å². The summed E-state index contributed by atoms with van der Waals surface area (Å²) in [5, 5.41) is 39.2. The zero-order valence-corrected chi connectivity index (χ0v) is 16.0. The summed E-state index contributed by atoms with van der Waals surface area (Å²) >= 11 is 5.78. The molecule has 8 nitrogen and oxygen atoms in total. The average Bonchev–Trinajstić information content (AvgIpc) is 2.69. The summed E-state index contributed by atoms with van der Waals surface area (Å²) in [6, 6.07) is 11.1. The Hall–Kier alpha value is -1.72. The van der Waals surface area contributed by atoms with E-state index in [0.29, 0.717) is 5.02 Å². The van der Waals surface area contributed by atoms with Crippen LogP contribution in [0.25, 0.3) is 0 Å². The standard InChI is InChI=1S/C18H19ClO8S/c19-10-1-5-12(6-2-10)28(24,25)13-7-3-11(4-8-13)26-18-17(23)16(22)15(21)14(9-20)27-18/h1-8,14-18,20-23H,9H2/t14-,15-,16+,17-,18+/m1/s1. The molecule has 1 fully saturated rings. The van der Waals surface area contributed by atoms with Gasteiger partial charge in [0.15, 0.2) is 0 Å². The molecule has 0 unspecified atom stereocenters. The van der Waals surface area contributed by atoms with Crippen LogP contribution < -0.4 is 4.74 Å². The van der Waals surface area contributed by atoms with Gasteiger partial charge in [0.05, 0.1) is 16.4 Å². The van der Waals surface area contributed by atoms with Crippen molar-refractivity contribution in [3.05, 3.63) is 53.6 Å². The highest BCUT2D eigenvalue weighted by Gasteiger charge is 2.44. The van der Waals surface area contributed by atoms with E-state index in [0.717, 1.165) is 0 Å². The molecule has 28 heavy (non-hydrogen) atoms. The van der Waals surface area contributed by atoms with E-state index in [9.17, 15) is 28.8 Å². The van der Waals surface area contributed by atoms with Gasteiger partial charge in [-0.1, -0.05) is 11.6 Å². The summed E-state index contributed by atoms with van der Waals surface area (Å²) in [7, 11) is -3.75. The van der Waals surface area contributed by atoms with E-state index in [-0.39, 0.29) is 15.5 Å². The van der Waals surface area contributed by atoms with Gasteiger partial charge in [-0.05, 0) is 48.5 Å². The van der Waals surface area contributed by atoms with Gasteiger partial charge in [0.1, 0.15) is 30.2 Å². The van der Waals surface area contributed by atoms with Crippen LogP contribution in [-0.4, -0.2) is 66.2 Å². The lowest BCUT2D eigenvalue weighted by Crippen LogP contribution is -2.60. The highest BCUT2D eigenvalue weighted by molar-refractivity contribution is 7.91. The maximum absolute atomic E-state index is 12.6. The molecule has 2 aromatic rings. The molecule has 10 heteroatoms. The van der Waals surface area contributed by atoms with Gasteiger partial charge in [0, 0.05) is 5.02 Å². The lowest BCUT2D eigenvalue weighted by atomic mass is 9.99. The number of hydrogen-bond acceptors (Lipinski definition) is 8. The predicted octanol–water partition coefficient (Wildman–Crippen LogP) is 0.351. The van der Waals surface area contributed by atoms with Crippen molar-refractivity contribution in [2.45, 2.75) is 40.5 Å². The molecule has 1 heterocycles. The van der Waals surface area contributed by atoms with E-state index in [1.54, 1.807) is 0 Å². The van der Waals surface area contributed by atoms with Crippen molar-refractivity contribution in [3.63, 3.8) is 0 Å². The van der Waals surface area contributed by atoms with Gasteiger partial charge in [-0.3, -0.25) is 0 Å². The van der Waals surface area contributed by atoms with E-state index in [4.69, 9.17) is 21.1 Å². The van der Waals surface area contributed by atoms with E-state index in [1.165, 1.54) is 48.5 Å². The number of aliphatic hydroxyl groups is 4. The molecule has 5 atom stereocenters. The molecule has 4 N–H and O–H groups in total. The zero-order chi connectivity index (χ0) is 20.5. The van der Waals surface area contributed by atoms with E-state index in [1.807, 2.05) is 0 Å². The number of hydrogen-bond donors (Lipinski definition) is 4. The lowest BCUT2D eigenvalue weighted by molar-refractivity contribution is -0.277. The molecule has 0 aromatic heterocycles. The molecular weight excluding hydrogens is 412 g/mol. The van der Waals surface area contributed by atoms with Gasteiger partial charge in [0.2, 0.25) is 16.1 Å². The monoisotopic (exact) mass is 430 g/mol. The minimum atomic E-state index is -3.75. The summed E-state index contributed by atoms with van der Waals surface area (Å²) in [6.45, 7) is -0.580. The molecule has 3 rings (SSSR count). The molecule has 1 aliphatic rings. The third-order valence-electron chi connectivity index (χ3n) is 4.36. The number of aliphatic hydroxyl groups excluding tert-OH is 4. The number of benzene rings is 2. The fourth-order valence-corrected chi connectivity index (χ4v) is 4.13. The highest BCUT2D eigenvalue weighted by Crippen LogP contribution is 2.27. The van der Waals surface area contributed by atoms with Gasteiger partial charge in [-0.15, -0.1) is 0 Å². The second-order valence-electron chi connectivity index (χ2n) is 6.24. The maximum Gasteiger partial charge on any atom is 0.229 e. The molecule has 0 saturated carbocycles. The molecule has 0 spiro atoms. The first-order valence-electron chi connectivity index (χ1n) is 8.32. The van der Waals surface area contributed by atoms with Crippen molar-refractivity contribution < 1.29 is 38.3 Å². The maximum atomic E-state index is 12.6. The van der Waals surface area contributed by atoms with Crippen molar-refractivity contribution in [2.24, 2.45) is 0 Å². The van der Waals surface area contributed by atoms with Gasteiger partial charge >= 0.3 is 0 Å². The van der Waals surface area contributed by atoms with Crippen molar-refractivity contribution in [1.29, 1.82) is 0 Å². The molecule has 1 saturated heterocycles. The summed E-state index contributed by atoms with van der Waals surface area (Å²) in [5.41, 5.74) is 0. The zero-order valence-electron chi connectivity index (χ0n) is 14.4. The number of sulfone groups is 1. The number of rotatable bonds is 5. The van der Waals surface area contributed by atoms with Crippen LogP contribution in [0.15, 0.2) is 58.3 Å². The van der Waals surface area contributed by atoms with E-state index >= 15 is 0 Å². The average molecular weight is 431 g/mol. The Morgan fingerprint density at radius 2 is 1.43 bits per heavy atom. The summed E-state index contributed by atoms with van der Waals surface area (Å²) in [4.78, 5) is 0.107. The first-order chi connectivity index (χ1) is 13.2. The van der Waals surface area contributed by atoms with Crippen molar-refractivity contribution in [2.75, 3.05) is 6.61 Å². The summed E-state index contributed by atoms with van der Waals surface area (Å²) in [6.07, 6.45) is -7.08. The van der Waals surface area contributed by atoms with Crippen LogP contribution in [0.2, 0.25) is 5.02 Å². The topological polar surface area (TPSA) is 134 Å². The SMILES string of the molecule is O=S(=O)(c1ccc(Cl)cc1)c1ccc(O[C@H]2O[C@H](CO)[C@@H](O)[C@H](O)[C@H]2O)cc1. The van der Waals surface area contributed by atoms with Crippen molar-refractivity contribution >= 4 is 21.4 Å². The molecule has 2 aromatic carbocycles. The first-order valence-corrected chi connectivity index (χ1v) is 10.2. The van der Waals surface area contributed by atoms with Crippen LogP contribution >= 0.6 is 11.6 Å². The van der Waals surface area contributed by atoms with Gasteiger partial charge in [-0.2, -0.15) is 0 Å². The Kier molecular flexibility index (Phi) is 6.25. The third kappa shape index (κ3) is 4.15. The first kappa shape index (κ1) is 21.0. The molecule has 0 radical (unpaired) electrons. The Morgan fingerprint density at radius 1 is 0.893 bits per heavy atom. The minimum Gasteiger partial charge on any atom is -0.462 e. The fourth-order valence-electron chi connectivity index (χ4n) is 2.75. The summed E-state index contributed by atoms with van der Waals surface area (Å²) in [5.74, 6) is 0.166. The lowest BCUT2D eigenvalue weighted by Gasteiger charge is -2.39.